The Kier molecular flexibility index (Phi) is 5.05. The number of aromatic nitrogens is 2. The number of nitrogens with two attached hydrogens (primary N) is 1. The van der Waals surface area contributed by atoms with E-state index >= 15 is 0 Å². The number of aryl methyl sites for hydroxylation is 1. The Morgan fingerprint density at radius 1 is 1.44 bits per heavy atom. The molecule has 1 aliphatic carbocycles. The lowest BCUT2D eigenvalue weighted by molar-refractivity contribution is -0.0141. The van der Waals surface area contributed by atoms with Crippen molar-refractivity contribution >= 4 is 5.82 Å². The van der Waals surface area contributed by atoms with Gasteiger partial charge in [-0.05, 0) is 31.2 Å². The molecule has 0 spiro atoms. The molecule has 18 heavy (non-hydrogen) atoms. The van der Waals surface area contributed by atoms with Crippen LogP contribution in [0.3, 0.4) is 0 Å². The molecule has 0 radical (unpaired) electrons. The summed E-state index contributed by atoms with van der Waals surface area (Å²) in [6.45, 7) is 4.00. The fraction of sp³-hybridized carbons (Fsp3) is 0.786. The van der Waals surface area contributed by atoms with Crippen LogP contribution in [-0.4, -0.2) is 22.5 Å². The van der Waals surface area contributed by atoms with Crippen molar-refractivity contribution in [3.05, 3.63) is 12.3 Å². The van der Waals surface area contributed by atoms with Crippen molar-refractivity contribution in [3.8, 4) is 0 Å². The summed E-state index contributed by atoms with van der Waals surface area (Å²) in [6.07, 6.45) is 9.97. The van der Waals surface area contributed by atoms with E-state index in [2.05, 4.69) is 12.0 Å². The summed E-state index contributed by atoms with van der Waals surface area (Å²) in [5.74, 6) is 1.37. The maximum absolute atomic E-state index is 6.04. The lowest BCUT2D eigenvalue weighted by Gasteiger charge is -2.30. The predicted octanol–water partition coefficient (Wildman–Crippen LogP) is 2.84. The van der Waals surface area contributed by atoms with Gasteiger partial charge < -0.3 is 10.5 Å². The van der Waals surface area contributed by atoms with Gasteiger partial charge in [0.1, 0.15) is 5.82 Å². The van der Waals surface area contributed by atoms with Crippen LogP contribution in [0.2, 0.25) is 0 Å². The second-order valence-corrected chi connectivity index (χ2v) is 5.22. The molecule has 0 aromatic carbocycles. The minimum Gasteiger partial charge on any atom is -0.382 e. The molecule has 0 saturated heterocycles. The van der Waals surface area contributed by atoms with Crippen molar-refractivity contribution in [2.45, 2.75) is 58.1 Å². The average Bonchev–Trinajstić information content (AvgIpc) is 2.81. The van der Waals surface area contributed by atoms with Crippen LogP contribution in [0.1, 0.15) is 45.4 Å². The summed E-state index contributed by atoms with van der Waals surface area (Å²) in [5.41, 5.74) is 5.57. The summed E-state index contributed by atoms with van der Waals surface area (Å²) in [4.78, 5) is 0. The summed E-state index contributed by atoms with van der Waals surface area (Å²) in [6, 6.07) is 1.83. The Balaban J connectivity index is 1.65. The largest absolute Gasteiger partial charge is 0.382 e. The van der Waals surface area contributed by atoms with Crippen molar-refractivity contribution < 1.29 is 4.74 Å². The van der Waals surface area contributed by atoms with Crippen LogP contribution < -0.4 is 5.73 Å². The molecule has 2 atom stereocenters. The zero-order valence-corrected chi connectivity index (χ0v) is 11.3. The number of ether oxygens (including phenoxy) is 1. The van der Waals surface area contributed by atoms with Gasteiger partial charge in [0, 0.05) is 19.3 Å². The van der Waals surface area contributed by atoms with Crippen LogP contribution in [0, 0.1) is 5.92 Å². The number of nitrogens with zero attached hydrogens (tertiary/aromatic N) is 2. The van der Waals surface area contributed by atoms with Crippen molar-refractivity contribution in [1.82, 2.24) is 9.78 Å². The molecule has 2 N–H and O–H groups in total. The highest BCUT2D eigenvalue weighted by Gasteiger charge is 2.23. The van der Waals surface area contributed by atoms with E-state index in [4.69, 9.17) is 10.5 Å². The van der Waals surface area contributed by atoms with Crippen molar-refractivity contribution in [2.75, 3.05) is 12.3 Å². The van der Waals surface area contributed by atoms with E-state index in [1.54, 1.807) is 0 Å². The lowest BCUT2D eigenvalue weighted by Crippen LogP contribution is -2.27. The first-order chi connectivity index (χ1) is 8.79. The van der Waals surface area contributed by atoms with E-state index in [1.165, 1.54) is 32.1 Å². The van der Waals surface area contributed by atoms with E-state index < -0.39 is 0 Å². The molecule has 1 aromatic heterocycles. The normalized spacial score (nSPS) is 24.3. The fourth-order valence-corrected chi connectivity index (χ4v) is 2.82. The number of hydrogen-bond donors (Lipinski definition) is 1. The zero-order chi connectivity index (χ0) is 12.8. The monoisotopic (exact) mass is 251 g/mol. The Morgan fingerprint density at radius 2 is 2.28 bits per heavy atom. The molecule has 1 heterocycles. The second-order valence-electron chi connectivity index (χ2n) is 5.22. The molecule has 0 bridgehead atoms. The number of hydrogen-bond acceptors (Lipinski definition) is 3. The summed E-state index contributed by atoms with van der Waals surface area (Å²) in [7, 11) is 0. The van der Waals surface area contributed by atoms with Gasteiger partial charge >= 0.3 is 0 Å². The van der Waals surface area contributed by atoms with E-state index in [9.17, 15) is 0 Å². The van der Waals surface area contributed by atoms with Crippen molar-refractivity contribution in [2.24, 2.45) is 5.92 Å². The Bertz CT molecular complexity index is 351. The molecular formula is C14H25N3O. The predicted molar refractivity (Wildman–Crippen MR) is 73.2 cm³/mol. The minimum atomic E-state index is 0.492. The summed E-state index contributed by atoms with van der Waals surface area (Å²) in [5, 5.41) is 4.17. The zero-order valence-electron chi connectivity index (χ0n) is 11.3. The maximum atomic E-state index is 6.04. The second kappa shape index (κ2) is 6.78. The molecule has 0 aliphatic heterocycles. The Labute approximate surface area is 110 Å². The van der Waals surface area contributed by atoms with Gasteiger partial charge in [0.15, 0.2) is 0 Å². The number of anilines is 1. The molecule has 0 amide bonds. The van der Waals surface area contributed by atoms with Crippen LogP contribution in [-0.2, 0) is 11.3 Å². The van der Waals surface area contributed by atoms with Gasteiger partial charge in [0.2, 0.25) is 0 Å². The standard InChI is InChI=1S/C14H25N3O/c1-2-12-6-3-4-7-13(12)18-11-5-9-17-10-8-14(15)16-17/h8,10,12-13H,2-7,9,11H2,1H3,(H2,15,16). The fourth-order valence-electron chi connectivity index (χ4n) is 2.82. The highest BCUT2D eigenvalue weighted by molar-refractivity contribution is 5.23. The van der Waals surface area contributed by atoms with Gasteiger partial charge in [-0.2, -0.15) is 5.10 Å². The third-order valence-corrected chi connectivity index (χ3v) is 3.89. The molecule has 1 aromatic rings. The Morgan fingerprint density at radius 3 is 3.00 bits per heavy atom. The van der Waals surface area contributed by atoms with E-state index in [-0.39, 0.29) is 0 Å². The molecule has 4 heteroatoms. The highest BCUT2D eigenvalue weighted by Crippen LogP contribution is 2.29. The SMILES string of the molecule is CCC1CCCCC1OCCCn1ccc(N)n1. The Hall–Kier alpha value is -1.03. The summed E-state index contributed by atoms with van der Waals surface area (Å²) >= 11 is 0. The third kappa shape index (κ3) is 3.73. The molecule has 2 unspecified atom stereocenters. The average molecular weight is 251 g/mol. The van der Waals surface area contributed by atoms with E-state index in [0.717, 1.165) is 25.5 Å². The van der Waals surface area contributed by atoms with Crippen LogP contribution in [0.15, 0.2) is 12.3 Å². The van der Waals surface area contributed by atoms with Gasteiger partial charge in [-0.1, -0.05) is 26.2 Å². The molecule has 102 valence electrons. The number of nitrogen functional groups attached to an aromatic ring is 1. The van der Waals surface area contributed by atoms with Gasteiger partial charge in [0.25, 0.3) is 0 Å². The van der Waals surface area contributed by atoms with Crippen LogP contribution in [0.25, 0.3) is 0 Å². The molecule has 1 aliphatic rings. The lowest BCUT2D eigenvalue weighted by atomic mass is 9.85. The van der Waals surface area contributed by atoms with Gasteiger partial charge in [-0.3, -0.25) is 4.68 Å². The van der Waals surface area contributed by atoms with Crippen LogP contribution >= 0.6 is 0 Å². The smallest absolute Gasteiger partial charge is 0.145 e. The van der Waals surface area contributed by atoms with Gasteiger partial charge in [-0.25, -0.2) is 0 Å². The maximum Gasteiger partial charge on any atom is 0.145 e. The third-order valence-electron chi connectivity index (χ3n) is 3.89. The molecule has 1 fully saturated rings. The first-order valence-corrected chi connectivity index (χ1v) is 7.20. The quantitative estimate of drug-likeness (QED) is 0.791. The summed E-state index contributed by atoms with van der Waals surface area (Å²) < 4.78 is 7.93. The molecule has 4 nitrogen and oxygen atoms in total. The first kappa shape index (κ1) is 13.4. The van der Waals surface area contributed by atoms with E-state index in [0.29, 0.717) is 11.9 Å². The van der Waals surface area contributed by atoms with Crippen LogP contribution in [0.4, 0.5) is 5.82 Å². The van der Waals surface area contributed by atoms with Gasteiger partial charge in [0.05, 0.1) is 6.10 Å². The first-order valence-electron chi connectivity index (χ1n) is 7.20. The highest BCUT2D eigenvalue weighted by atomic mass is 16.5. The van der Waals surface area contributed by atoms with Crippen LogP contribution in [0.5, 0.6) is 0 Å². The minimum absolute atomic E-state index is 0.492. The van der Waals surface area contributed by atoms with Crippen molar-refractivity contribution in [3.63, 3.8) is 0 Å². The molecule has 1 saturated carbocycles. The van der Waals surface area contributed by atoms with Gasteiger partial charge in [-0.15, -0.1) is 0 Å². The van der Waals surface area contributed by atoms with E-state index in [1.807, 2.05) is 16.9 Å². The molecular weight excluding hydrogens is 226 g/mol. The van der Waals surface area contributed by atoms with Crippen molar-refractivity contribution in [1.29, 1.82) is 0 Å². The topological polar surface area (TPSA) is 53.1 Å². The number of rotatable bonds is 6. The molecule has 2 rings (SSSR count).